The van der Waals surface area contributed by atoms with Gasteiger partial charge in [-0.25, -0.2) is 4.99 Å². The lowest BCUT2D eigenvalue weighted by Crippen LogP contribution is -2.37. The van der Waals surface area contributed by atoms with Crippen LogP contribution in [-0.4, -0.2) is 33.9 Å². The van der Waals surface area contributed by atoms with Crippen molar-refractivity contribution in [2.75, 3.05) is 13.2 Å². The van der Waals surface area contributed by atoms with E-state index in [1.807, 2.05) is 11.6 Å². The summed E-state index contributed by atoms with van der Waals surface area (Å²) in [5.41, 5.74) is 2.29. The summed E-state index contributed by atoms with van der Waals surface area (Å²) in [5.74, 6) is 2.54. The molecule has 0 fully saturated rings. The summed E-state index contributed by atoms with van der Waals surface area (Å²) < 4.78 is 7.95. The topological polar surface area (TPSA) is 76.4 Å². The molecule has 0 saturated carbocycles. The molecule has 2 aromatic rings. The first kappa shape index (κ1) is 21.7. The fraction of sp³-hybridized carbons (Fsp3) is 0.571. The molecule has 154 valence electrons. The molecule has 1 aromatic carbocycles. The summed E-state index contributed by atoms with van der Waals surface area (Å²) in [5, 5.41) is 14.6. The monoisotopic (exact) mass is 386 g/mol. The quantitative estimate of drug-likeness (QED) is 0.352. The van der Waals surface area contributed by atoms with Gasteiger partial charge in [0.1, 0.15) is 12.1 Å². The van der Waals surface area contributed by atoms with E-state index in [1.165, 1.54) is 24.8 Å². The molecule has 0 bridgehead atoms. The first-order valence-corrected chi connectivity index (χ1v) is 10.2. The molecule has 2 rings (SSSR count). The number of hydrogen-bond acceptors (Lipinski definition) is 4. The molecule has 1 heterocycles. The van der Waals surface area contributed by atoms with Gasteiger partial charge in [-0.2, -0.15) is 0 Å². The number of aliphatic imine (C=N–C) groups is 1. The van der Waals surface area contributed by atoms with Crippen molar-refractivity contribution >= 4 is 5.96 Å². The minimum atomic E-state index is 0.554. The molecule has 0 unspecified atom stereocenters. The molecular formula is C21H34N6O. The highest BCUT2D eigenvalue weighted by Crippen LogP contribution is 2.21. The smallest absolute Gasteiger partial charge is 0.191 e. The summed E-state index contributed by atoms with van der Waals surface area (Å²) in [6.45, 7) is 9.03. The van der Waals surface area contributed by atoms with E-state index in [4.69, 9.17) is 9.73 Å². The molecule has 7 heteroatoms. The van der Waals surface area contributed by atoms with Gasteiger partial charge in [0.05, 0.1) is 19.7 Å². The van der Waals surface area contributed by atoms with Crippen molar-refractivity contribution in [1.29, 1.82) is 0 Å². The van der Waals surface area contributed by atoms with Crippen LogP contribution in [0.4, 0.5) is 0 Å². The summed E-state index contributed by atoms with van der Waals surface area (Å²) in [4.78, 5) is 4.72. The molecule has 0 radical (unpaired) electrons. The van der Waals surface area contributed by atoms with Gasteiger partial charge < -0.3 is 19.9 Å². The Morgan fingerprint density at radius 3 is 2.75 bits per heavy atom. The molecular weight excluding hydrogens is 352 g/mol. The summed E-state index contributed by atoms with van der Waals surface area (Å²) in [6, 6.07) is 6.31. The summed E-state index contributed by atoms with van der Waals surface area (Å²) in [7, 11) is 1.93. The van der Waals surface area contributed by atoms with Crippen molar-refractivity contribution in [3.05, 3.63) is 41.5 Å². The van der Waals surface area contributed by atoms with Crippen molar-refractivity contribution in [2.45, 2.75) is 59.5 Å². The highest BCUT2D eigenvalue weighted by atomic mass is 16.5. The van der Waals surface area contributed by atoms with Gasteiger partial charge in [0.2, 0.25) is 0 Å². The van der Waals surface area contributed by atoms with Gasteiger partial charge in [-0.1, -0.05) is 38.3 Å². The van der Waals surface area contributed by atoms with E-state index in [9.17, 15) is 0 Å². The van der Waals surface area contributed by atoms with E-state index in [2.05, 4.69) is 59.8 Å². The molecule has 1 aromatic heterocycles. The second-order valence-corrected chi connectivity index (χ2v) is 6.93. The van der Waals surface area contributed by atoms with Crippen LogP contribution in [0.5, 0.6) is 5.75 Å². The Balaban J connectivity index is 1.98. The molecule has 0 aliphatic heterocycles. The van der Waals surface area contributed by atoms with Gasteiger partial charge in [-0.3, -0.25) is 0 Å². The Morgan fingerprint density at radius 2 is 2.04 bits per heavy atom. The molecule has 0 saturated heterocycles. The van der Waals surface area contributed by atoms with E-state index in [0.29, 0.717) is 13.1 Å². The van der Waals surface area contributed by atoms with Crippen LogP contribution in [0, 0.1) is 6.92 Å². The Morgan fingerprint density at radius 1 is 1.18 bits per heavy atom. The first-order chi connectivity index (χ1) is 13.6. The van der Waals surface area contributed by atoms with Crippen LogP contribution in [0.1, 0.15) is 56.5 Å². The van der Waals surface area contributed by atoms with Gasteiger partial charge in [0.15, 0.2) is 11.8 Å². The molecule has 2 N–H and O–H groups in total. The third kappa shape index (κ3) is 7.21. The molecule has 0 atom stereocenters. The van der Waals surface area contributed by atoms with Crippen LogP contribution in [0.3, 0.4) is 0 Å². The second kappa shape index (κ2) is 12.0. The van der Waals surface area contributed by atoms with Crippen molar-refractivity contribution in [1.82, 2.24) is 25.4 Å². The van der Waals surface area contributed by atoms with Gasteiger partial charge >= 0.3 is 0 Å². The molecule has 28 heavy (non-hydrogen) atoms. The number of guanidine groups is 1. The maximum absolute atomic E-state index is 6.06. The maximum Gasteiger partial charge on any atom is 0.191 e. The molecule has 0 aliphatic rings. The third-order valence-electron chi connectivity index (χ3n) is 4.45. The van der Waals surface area contributed by atoms with Crippen molar-refractivity contribution in [2.24, 2.45) is 12.0 Å². The number of hydrogen-bond donors (Lipinski definition) is 2. The molecule has 0 amide bonds. The van der Waals surface area contributed by atoms with Crippen LogP contribution in [0.25, 0.3) is 0 Å². The van der Waals surface area contributed by atoms with Crippen LogP contribution in [-0.2, 0) is 20.1 Å². The number of rotatable bonds is 11. The van der Waals surface area contributed by atoms with Crippen LogP contribution >= 0.6 is 0 Å². The minimum absolute atomic E-state index is 0.554. The van der Waals surface area contributed by atoms with E-state index >= 15 is 0 Å². The van der Waals surface area contributed by atoms with E-state index in [1.54, 1.807) is 6.33 Å². The average Bonchev–Trinajstić information content (AvgIpc) is 3.10. The number of ether oxygens (including phenoxy) is 1. The highest BCUT2D eigenvalue weighted by Gasteiger charge is 2.06. The standard InChI is InChI=1S/C21H34N6O/c1-5-7-8-9-12-28-19-13-17(3)10-11-18(19)14-23-21(22-6-2)24-15-20-26-25-16-27(20)4/h10-11,13,16H,5-9,12,14-15H2,1-4H3,(H2,22,23,24). The molecule has 0 aliphatic carbocycles. The number of nitrogens with one attached hydrogen (secondary N) is 2. The third-order valence-corrected chi connectivity index (χ3v) is 4.45. The second-order valence-electron chi connectivity index (χ2n) is 6.93. The lowest BCUT2D eigenvalue weighted by atomic mass is 10.1. The SMILES string of the molecule is CCCCCCOc1cc(C)ccc1CN=C(NCC)NCc1nncn1C. The predicted octanol–water partition coefficient (Wildman–Crippen LogP) is 3.34. The normalized spacial score (nSPS) is 11.5. The maximum atomic E-state index is 6.06. The number of aromatic nitrogens is 3. The van der Waals surface area contributed by atoms with Crippen LogP contribution in [0.15, 0.2) is 29.5 Å². The van der Waals surface area contributed by atoms with Crippen LogP contribution < -0.4 is 15.4 Å². The summed E-state index contributed by atoms with van der Waals surface area (Å²) >= 11 is 0. The lowest BCUT2D eigenvalue weighted by molar-refractivity contribution is 0.302. The number of unbranched alkanes of at least 4 members (excludes halogenated alkanes) is 3. The zero-order chi connectivity index (χ0) is 20.2. The Labute approximate surface area is 168 Å². The fourth-order valence-electron chi connectivity index (χ4n) is 2.77. The minimum Gasteiger partial charge on any atom is -0.493 e. The van der Waals surface area contributed by atoms with E-state index in [-0.39, 0.29) is 0 Å². The van der Waals surface area contributed by atoms with Crippen molar-refractivity contribution < 1.29 is 4.74 Å². The van der Waals surface area contributed by atoms with Gasteiger partial charge in [0.25, 0.3) is 0 Å². The highest BCUT2D eigenvalue weighted by molar-refractivity contribution is 5.79. The van der Waals surface area contributed by atoms with Crippen molar-refractivity contribution in [3.8, 4) is 5.75 Å². The Kier molecular flexibility index (Phi) is 9.31. The van der Waals surface area contributed by atoms with Gasteiger partial charge in [-0.05, 0) is 31.9 Å². The zero-order valence-electron chi connectivity index (χ0n) is 17.7. The number of aryl methyl sites for hydroxylation is 2. The molecule has 7 nitrogen and oxygen atoms in total. The Bertz CT molecular complexity index is 740. The predicted molar refractivity (Wildman–Crippen MR) is 113 cm³/mol. The van der Waals surface area contributed by atoms with E-state index in [0.717, 1.165) is 42.7 Å². The van der Waals surface area contributed by atoms with Gasteiger partial charge in [-0.15, -0.1) is 10.2 Å². The van der Waals surface area contributed by atoms with E-state index < -0.39 is 0 Å². The lowest BCUT2D eigenvalue weighted by Gasteiger charge is -2.13. The largest absolute Gasteiger partial charge is 0.493 e. The van der Waals surface area contributed by atoms with Crippen LogP contribution in [0.2, 0.25) is 0 Å². The molecule has 0 spiro atoms. The number of benzene rings is 1. The van der Waals surface area contributed by atoms with Crippen molar-refractivity contribution in [3.63, 3.8) is 0 Å². The van der Waals surface area contributed by atoms with Gasteiger partial charge in [0, 0.05) is 19.2 Å². The first-order valence-electron chi connectivity index (χ1n) is 10.2. The number of nitrogens with zero attached hydrogens (tertiary/aromatic N) is 4. The average molecular weight is 387 g/mol. The fourth-order valence-corrected chi connectivity index (χ4v) is 2.77. The zero-order valence-corrected chi connectivity index (χ0v) is 17.7. The Hall–Kier alpha value is -2.57. The summed E-state index contributed by atoms with van der Waals surface area (Å²) in [6.07, 6.45) is 6.49.